The number of carbonyl (C=O) groups excluding carboxylic acids is 1. The number of thiazole rings is 1. The van der Waals surface area contributed by atoms with Crippen molar-refractivity contribution in [2.24, 2.45) is 0 Å². The van der Waals surface area contributed by atoms with Crippen LogP contribution in [0.3, 0.4) is 0 Å². The van der Waals surface area contributed by atoms with Gasteiger partial charge in [-0.3, -0.25) is 4.79 Å². The lowest BCUT2D eigenvalue weighted by Gasteiger charge is -2.15. The highest BCUT2D eigenvalue weighted by atomic mass is 32.1. The van der Waals surface area contributed by atoms with Gasteiger partial charge in [0.15, 0.2) is 0 Å². The van der Waals surface area contributed by atoms with Crippen LogP contribution in [0, 0.1) is 13.8 Å². The Morgan fingerprint density at radius 1 is 1.41 bits per heavy atom. The van der Waals surface area contributed by atoms with E-state index in [-0.39, 0.29) is 5.91 Å². The lowest BCUT2D eigenvalue weighted by Crippen LogP contribution is -2.35. The van der Waals surface area contributed by atoms with E-state index in [1.807, 2.05) is 13.8 Å². The fraction of sp³-hybridized carbons (Fsp3) is 0.667. The summed E-state index contributed by atoms with van der Waals surface area (Å²) in [5.41, 5.74) is 0.844. The van der Waals surface area contributed by atoms with Crippen LogP contribution in [0.1, 0.15) is 39.6 Å². The third-order valence-corrected chi connectivity index (χ3v) is 4.09. The summed E-state index contributed by atoms with van der Waals surface area (Å²) in [5.74, 6) is 0.0417. The molecule has 1 aromatic heterocycles. The maximum atomic E-state index is 12.1. The van der Waals surface area contributed by atoms with Gasteiger partial charge in [0.05, 0.1) is 10.7 Å². The Morgan fingerprint density at radius 2 is 2.24 bits per heavy atom. The van der Waals surface area contributed by atoms with Crippen LogP contribution in [0.2, 0.25) is 0 Å². The first-order valence-corrected chi connectivity index (χ1v) is 6.94. The minimum Gasteiger partial charge on any atom is -0.349 e. The van der Waals surface area contributed by atoms with Crippen molar-refractivity contribution in [2.45, 2.75) is 39.2 Å². The lowest BCUT2D eigenvalue weighted by molar-refractivity contribution is 0.0937. The normalized spacial score (nSPS) is 20.9. The second kappa shape index (κ2) is 5.60. The van der Waals surface area contributed by atoms with E-state index in [1.165, 1.54) is 11.3 Å². The molecule has 1 amide bonds. The molecule has 1 aromatic rings. The van der Waals surface area contributed by atoms with E-state index in [0.29, 0.717) is 6.04 Å². The molecule has 94 valence electrons. The minimum atomic E-state index is 0.0417. The standard InChI is InChI=1S/C12H19N3OS/c1-8-11(17-9(2)14-8)12(16)15-10-4-3-6-13-7-5-10/h10,13H,3-7H2,1-2H3,(H,15,16). The number of rotatable bonds is 2. The number of hydrogen-bond acceptors (Lipinski definition) is 4. The zero-order valence-corrected chi connectivity index (χ0v) is 11.2. The molecule has 0 aromatic carbocycles. The first-order chi connectivity index (χ1) is 8.16. The largest absolute Gasteiger partial charge is 0.349 e. The fourth-order valence-electron chi connectivity index (χ4n) is 2.16. The van der Waals surface area contributed by atoms with Crippen LogP contribution >= 0.6 is 11.3 Å². The van der Waals surface area contributed by atoms with Crippen molar-refractivity contribution in [3.05, 3.63) is 15.6 Å². The first-order valence-electron chi connectivity index (χ1n) is 6.12. The molecule has 0 saturated carbocycles. The van der Waals surface area contributed by atoms with E-state index in [2.05, 4.69) is 15.6 Å². The Morgan fingerprint density at radius 3 is 2.94 bits per heavy atom. The number of aromatic nitrogens is 1. The minimum absolute atomic E-state index is 0.0417. The van der Waals surface area contributed by atoms with Gasteiger partial charge < -0.3 is 10.6 Å². The van der Waals surface area contributed by atoms with Crippen LogP contribution in [-0.4, -0.2) is 30.0 Å². The quantitative estimate of drug-likeness (QED) is 0.842. The zero-order chi connectivity index (χ0) is 12.3. The molecule has 2 N–H and O–H groups in total. The average molecular weight is 253 g/mol. The third kappa shape index (κ3) is 3.26. The summed E-state index contributed by atoms with van der Waals surface area (Å²) in [4.78, 5) is 17.2. The highest BCUT2D eigenvalue weighted by Gasteiger charge is 2.18. The average Bonchev–Trinajstić information content (AvgIpc) is 2.51. The SMILES string of the molecule is Cc1nc(C)c(C(=O)NC2CCCNCC2)s1. The summed E-state index contributed by atoms with van der Waals surface area (Å²) in [7, 11) is 0. The predicted octanol–water partition coefficient (Wildman–Crippen LogP) is 1.63. The van der Waals surface area contributed by atoms with Crippen LogP contribution in [0.4, 0.5) is 0 Å². The molecule has 1 atom stereocenters. The van der Waals surface area contributed by atoms with Crippen molar-refractivity contribution in [2.75, 3.05) is 13.1 Å². The van der Waals surface area contributed by atoms with Crippen LogP contribution in [-0.2, 0) is 0 Å². The lowest BCUT2D eigenvalue weighted by atomic mass is 10.1. The van der Waals surface area contributed by atoms with Gasteiger partial charge in [-0.2, -0.15) is 0 Å². The maximum absolute atomic E-state index is 12.1. The summed E-state index contributed by atoms with van der Waals surface area (Å²) in [6.45, 7) is 5.88. The van der Waals surface area contributed by atoms with Crippen molar-refractivity contribution < 1.29 is 4.79 Å². The van der Waals surface area contributed by atoms with E-state index >= 15 is 0 Å². The number of amides is 1. The van der Waals surface area contributed by atoms with Crippen molar-refractivity contribution in [3.8, 4) is 0 Å². The Kier molecular flexibility index (Phi) is 4.12. The molecule has 0 aliphatic carbocycles. The Bertz CT molecular complexity index is 394. The predicted molar refractivity (Wildman–Crippen MR) is 69.6 cm³/mol. The van der Waals surface area contributed by atoms with Gasteiger partial charge in [-0.25, -0.2) is 4.98 Å². The molecule has 2 rings (SSSR count). The monoisotopic (exact) mass is 253 g/mol. The molecular formula is C12H19N3OS. The number of nitrogens with zero attached hydrogens (tertiary/aromatic N) is 1. The maximum Gasteiger partial charge on any atom is 0.263 e. The number of nitrogens with one attached hydrogen (secondary N) is 2. The Labute approximate surface area is 106 Å². The van der Waals surface area contributed by atoms with Gasteiger partial charge in [-0.05, 0) is 46.2 Å². The smallest absolute Gasteiger partial charge is 0.263 e. The summed E-state index contributed by atoms with van der Waals surface area (Å²) in [6.07, 6.45) is 3.21. The van der Waals surface area contributed by atoms with Crippen LogP contribution in [0.15, 0.2) is 0 Å². The van der Waals surface area contributed by atoms with Gasteiger partial charge in [0.2, 0.25) is 0 Å². The molecule has 0 bridgehead atoms. The van der Waals surface area contributed by atoms with Gasteiger partial charge in [0, 0.05) is 6.04 Å². The first kappa shape index (κ1) is 12.5. The zero-order valence-electron chi connectivity index (χ0n) is 10.4. The Balaban J connectivity index is 1.98. The number of carbonyl (C=O) groups is 1. The molecule has 4 nitrogen and oxygen atoms in total. The molecule has 1 aliphatic rings. The second-order valence-corrected chi connectivity index (χ2v) is 5.70. The molecular weight excluding hydrogens is 234 g/mol. The fourth-order valence-corrected chi connectivity index (χ4v) is 2.98. The topological polar surface area (TPSA) is 54.0 Å². The van der Waals surface area contributed by atoms with E-state index in [0.717, 1.165) is 47.9 Å². The van der Waals surface area contributed by atoms with Gasteiger partial charge >= 0.3 is 0 Å². The van der Waals surface area contributed by atoms with Crippen molar-refractivity contribution in [1.29, 1.82) is 0 Å². The summed E-state index contributed by atoms with van der Waals surface area (Å²) >= 11 is 1.48. The van der Waals surface area contributed by atoms with Crippen molar-refractivity contribution in [3.63, 3.8) is 0 Å². The highest BCUT2D eigenvalue weighted by Crippen LogP contribution is 2.17. The van der Waals surface area contributed by atoms with E-state index < -0.39 is 0 Å². The van der Waals surface area contributed by atoms with Gasteiger partial charge in [0.25, 0.3) is 5.91 Å². The molecule has 0 radical (unpaired) electrons. The summed E-state index contributed by atoms with van der Waals surface area (Å²) in [6, 6.07) is 0.305. The van der Waals surface area contributed by atoms with Gasteiger partial charge in [-0.1, -0.05) is 0 Å². The molecule has 0 spiro atoms. The summed E-state index contributed by atoms with van der Waals surface area (Å²) < 4.78 is 0. The Hall–Kier alpha value is -0.940. The molecule has 1 fully saturated rings. The van der Waals surface area contributed by atoms with Crippen LogP contribution in [0.25, 0.3) is 0 Å². The molecule has 2 heterocycles. The van der Waals surface area contributed by atoms with Crippen LogP contribution < -0.4 is 10.6 Å². The van der Waals surface area contributed by atoms with Gasteiger partial charge in [-0.15, -0.1) is 11.3 Å². The molecule has 1 aliphatic heterocycles. The molecule has 5 heteroatoms. The molecule has 1 saturated heterocycles. The van der Waals surface area contributed by atoms with Crippen molar-refractivity contribution in [1.82, 2.24) is 15.6 Å². The molecule has 17 heavy (non-hydrogen) atoms. The van der Waals surface area contributed by atoms with Crippen LogP contribution in [0.5, 0.6) is 0 Å². The van der Waals surface area contributed by atoms with Gasteiger partial charge in [0.1, 0.15) is 4.88 Å². The number of hydrogen-bond donors (Lipinski definition) is 2. The molecule has 1 unspecified atom stereocenters. The third-order valence-electron chi connectivity index (χ3n) is 3.02. The van der Waals surface area contributed by atoms with E-state index in [9.17, 15) is 4.79 Å². The van der Waals surface area contributed by atoms with Crippen molar-refractivity contribution >= 4 is 17.2 Å². The summed E-state index contributed by atoms with van der Waals surface area (Å²) in [5, 5.41) is 7.42. The number of aryl methyl sites for hydroxylation is 2. The van der Waals surface area contributed by atoms with E-state index in [1.54, 1.807) is 0 Å². The highest BCUT2D eigenvalue weighted by molar-refractivity contribution is 7.13. The second-order valence-electron chi connectivity index (χ2n) is 4.50. The van der Waals surface area contributed by atoms with E-state index in [4.69, 9.17) is 0 Å².